The molecule has 0 aliphatic carbocycles. The Balaban J connectivity index is 1.77. The summed E-state index contributed by atoms with van der Waals surface area (Å²) in [6.45, 7) is 2.60. The topological polar surface area (TPSA) is 32.3 Å². The predicted octanol–water partition coefficient (Wildman–Crippen LogP) is 0.364. The Morgan fingerprint density at radius 2 is 2.43 bits per heavy atom. The minimum atomic E-state index is 0.263. The maximum Gasteiger partial charge on any atom is 0.223 e. The molecule has 3 nitrogen and oxygen atoms in total. The van der Waals surface area contributed by atoms with Gasteiger partial charge in [0.1, 0.15) is 0 Å². The Kier molecular flexibility index (Phi) is 3.05. The maximum absolute atomic E-state index is 11.2. The molecule has 1 N–H and O–H groups in total. The molecule has 2 saturated heterocycles. The molecule has 0 aromatic heterocycles. The summed E-state index contributed by atoms with van der Waals surface area (Å²) in [6.07, 6.45) is 4.09. The third-order valence-corrected chi connectivity index (χ3v) is 2.78. The summed E-state index contributed by atoms with van der Waals surface area (Å²) in [5.41, 5.74) is 0. The van der Waals surface area contributed by atoms with E-state index in [2.05, 4.69) is 17.2 Å². The molecular formula is C11H16N2O. The Morgan fingerprint density at radius 3 is 3.07 bits per heavy atom. The van der Waals surface area contributed by atoms with Gasteiger partial charge in [-0.2, -0.15) is 0 Å². The van der Waals surface area contributed by atoms with E-state index >= 15 is 0 Å². The fraction of sp³-hybridized carbons (Fsp3) is 0.727. The summed E-state index contributed by atoms with van der Waals surface area (Å²) in [5, 5.41) is 3.32. The molecule has 2 rings (SSSR count). The van der Waals surface area contributed by atoms with Gasteiger partial charge in [-0.25, -0.2) is 0 Å². The molecule has 1 atom stereocenters. The molecule has 0 unspecified atom stereocenters. The van der Waals surface area contributed by atoms with E-state index in [1.54, 1.807) is 0 Å². The second kappa shape index (κ2) is 4.47. The zero-order valence-electron chi connectivity index (χ0n) is 8.38. The van der Waals surface area contributed by atoms with Crippen LogP contribution in [0.3, 0.4) is 0 Å². The standard InChI is InChI=1S/C11H16N2O/c14-11-6-3-9-13(11)8-2-5-10-4-1-7-12-10/h10,12H,1,3-4,6-9H2/t10-/m1/s1. The normalized spacial score (nSPS) is 26.4. The van der Waals surface area contributed by atoms with Crippen molar-refractivity contribution in [3.05, 3.63) is 0 Å². The van der Waals surface area contributed by atoms with E-state index in [0.717, 1.165) is 25.9 Å². The largest absolute Gasteiger partial charge is 0.332 e. The number of nitrogens with zero attached hydrogens (tertiary/aromatic N) is 1. The van der Waals surface area contributed by atoms with E-state index in [-0.39, 0.29) is 5.91 Å². The van der Waals surface area contributed by atoms with Gasteiger partial charge in [-0.1, -0.05) is 11.8 Å². The monoisotopic (exact) mass is 192 g/mol. The van der Waals surface area contributed by atoms with Gasteiger partial charge in [-0.05, 0) is 25.8 Å². The molecule has 0 bridgehead atoms. The summed E-state index contributed by atoms with van der Waals surface area (Å²) in [4.78, 5) is 13.1. The molecule has 2 aliphatic rings. The molecular weight excluding hydrogens is 176 g/mol. The van der Waals surface area contributed by atoms with E-state index in [1.165, 1.54) is 6.42 Å². The van der Waals surface area contributed by atoms with Crippen LogP contribution in [0.2, 0.25) is 0 Å². The zero-order chi connectivity index (χ0) is 9.80. The highest BCUT2D eigenvalue weighted by Crippen LogP contribution is 2.08. The first kappa shape index (κ1) is 9.54. The van der Waals surface area contributed by atoms with Crippen molar-refractivity contribution < 1.29 is 4.79 Å². The summed E-state index contributed by atoms with van der Waals surface area (Å²) < 4.78 is 0. The molecule has 2 heterocycles. The average Bonchev–Trinajstić information content (AvgIpc) is 2.78. The van der Waals surface area contributed by atoms with Crippen LogP contribution in [0.1, 0.15) is 25.7 Å². The van der Waals surface area contributed by atoms with Crippen LogP contribution in [-0.2, 0) is 4.79 Å². The molecule has 14 heavy (non-hydrogen) atoms. The number of amides is 1. The molecule has 0 aromatic rings. The molecule has 0 saturated carbocycles. The number of nitrogens with one attached hydrogen (secondary N) is 1. The van der Waals surface area contributed by atoms with Crippen molar-refractivity contribution in [2.24, 2.45) is 0 Å². The summed E-state index contributed by atoms with van der Waals surface area (Å²) in [6, 6.07) is 0.368. The van der Waals surface area contributed by atoms with Crippen LogP contribution in [0, 0.1) is 11.8 Å². The van der Waals surface area contributed by atoms with Crippen LogP contribution < -0.4 is 5.32 Å². The van der Waals surface area contributed by atoms with Gasteiger partial charge in [-0.3, -0.25) is 4.79 Å². The minimum Gasteiger partial charge on any atom is -0.332 e. The fourth-order valence-electron chi connectivity index (χ4n) is 1.94. The van der Waals surface area contributed by atoms with Crippen molar-refractivity contribution in [3.8, 4) is 11.8 Å². The van der Waals surface area contributed by atoms with Crippen LogP contribution in [-0.4, -0.2) is 36.5 Å². The van der Waals surface area contributed by atoms with Crippen LogP contribution >= 0.6 is 0 Å². The quantitative estimate of drug-likeness (QED) is 0.609. The molecule has 0 radical (unpaired) electrons. The number of carbonyl (C=O) groups excluding carboxylic acids is 1. The Morgan fingerprint density at radius 1 is 1.50 bits per heavy atom. The number of likely N-dealkylation sites (tertiary alicyclic amines) is 1. The summed E-state index contributed by atoms with van der Waals surface area (Å²) in [7, 11) is 0. The van der Waals surface area contributed by atoms with Crippen molar-refractivity contribution in [1.29, 1.82) is 0 Å². The van der Waals surface area contributed by atoms with E-state index in [4.69, 9.17) is 0 Å². The van der Waals surface area contributed by atoms with Gasteiger partial charge in [0.05, 0.1) is 12.6 Å². The highest BCUT2D eigenvalue weighted by Gasteiger charge is 2.18. The lowest BCUT2D eigenvalue weighted by atomic mass is 10.2. The Hall–Kier alpha value is -1.01. The van der Waals surface area contributed by atoms with Crippen LogP contribution in [0.4, 0.5) is 0 Å². The zero-order valence-corrected chi connectivity index (χ0v) is 8.38. The highest BCUT2D eigenvalue weighted by atomic mass is 16.2. The van der Waals surface area contributed by atoms with Gasteiger partial charge >= 0.3 is 0 Å². The highest BCUT2D eigenvalue weighted by molar-refractivity contribution is 5.78. The smallest absolute Gasteiger partial charge is 0.223 e. The number of hydrogen-bond donors (Lipinski definition) is 1. The molecule has 1 amide bonds. The lowest BCUT2D eigenvalue weighted by Crippen LogP contribution is -2.25. The van der Waals surface area contributed by atoms with E-state index in [1.807, 2.05) is 4.90 Å². The fourth-order valence-corrected chi connectivity index (χ4v) is 1.94. The first-order chi connectivity index (χ1) is 6.86. The maximum atomic E-state index is 11.2. The van der Waals surface area contributed by atoms with Gasteiger partial charge in [-0.15, -0.1) is 0 Å². The molecule has 3 heteroatoms. The van der Waals surface area contributed by atoms with Crippen LogP contribution in [0.15, 0.2) is 0 Å². The van der Waals surface area contributed by atoms with Gasteiger partial charge in [0, 0.05) is 13.0 Å². The lowest BCUT2D eigenvalue weighted by molar-refractivity contribution is -0.127. The van der Waals surface area contributed by atoms with Crippen molar-refractivity contribution in [2.45, 2.75) is 31.7 Å². The van der Waals surface area contributed by atoms with E-state index < -0.39 is 0 Å². The first-order valence-electron chi connectivity index (χ1n) is 5.36. The second-order valence-electron chi connectivity index (χ2n) is 3.89. The Bertz CT molecular complexity index is 271. The Labute approximate surface area is 84.8 Å². The third-order valence-electron chi connectivity index (χ3n) is 2.78. The molecule has 2 fully saturated rings. The lowest BCUT2D eigenvalue weighted by Gasteiger charge is -2.10. The number of rotatable bonds is 1. The molecule has 2 aliphatic heterocycles. The second-order valence-corrected chi connectivity index (χ2v) is 3.89. The van der Waals surface area contributed by atoms with E-state index in [9.17, 15) is 4.79 Å². The summed E-state index contributed by atoms with van der Waals surface area (Å²) in [5.74, 6) is 6.53. The van der Waals surface area contributed by atoms with E-state index in [0.29, 0.717) is 19.0 Å². The average molecular weight is 192 g/mol. The van der Waals surface area contributed by atoms with Gasteiger partial charge in [0.15, 0.2) is 0 Å². The summed E-state index contributed by atoms with van der Waals surface area (Å²) >= 11 is 0. The number of carbonyl (C=O) groups is 1. The van der Waals surface area contributed by atoms with Gasteiger partial charge < -0.3 is 10.2 Å². The van der Waals surface area contributed by atoms with Crippen molar-refractivity contribution in [3.63, 3.8) is 0 Å². The molecule has 0 aromatic carbocycles. The van der Waals surface area contributed by atoms with Crippen LogP contribution in [0.25, 0.3) is 0 Å². The SMILES string of the molecule is O=C1CCCN1CC#C[C@H]1CCCN1. The minimum absolute atomic E-state index is 0.263. The van der Waals surface area contributed by atoms with Gasteiger partial charge in [0.25, 0.3) is 0 Å². The molecule has 76 valence electrons. The van der Waals surface area contributed by atoms with Crippen molar-refractivity contribution in [2.75, 3.05) is 19.6 Å². The van der Waals surface area contributed by atoms with Gasteiger partial charge in [0.2, 0.25) is 5.91 Å². The van der Waals surface area contributed by atoms with Crippen molar-refractivity contribution in [1.82, 2.24) is 10.2 Å². The molecule has 0 spiro atoms. The van der Waals surface area contributed by atoms with Crippen molar-refractivity contribution >= 4 is 5.91 Å². The first-order valence-corrected chi connectivity index (χ1v) is 5.36. The third kappa shape index (κ3) is 2.27. The predicted molar refractivity (Wildman–Crippen MR) is 54.6 cm³/mol. The number of hydrogen-bond acceptors (Lipinski definition) is 2. The van der Waals surface area contributed by atoms with Crippen LogP contribution in [0.5, 0.6) is 0 Å².